The Morgan fingerprint density at radius 2 is 1.68 bits per heavy atom. The first-order valence-electron chi connectivity index (χ1n) is 11.2. The molecule has 0 saturated heterocycles. The van der Waals surface area contributed by atoms with Gasteiger partial charge in [-0.05, 0) is 55.5 Å². The molecule has 0 aliphatic rings. The van der Waals surface area contributed by atoms with Crippen LogP contribution in [0.4, 0.5) is 5.69 Å². The van der Waals surface area contributed by atoms with Gasteiger partial charge in [-0.1, -0.05) is 6.07 Å². The minimum Gasteiger partial charge on any atom is -0.366 e. The van der Waals surface area contributed by atoms with Gasteiger partial charge in [-0.15, -0.1) is 0 Å². The number of anilines is 1. The lowest BCUT2D eigenvalue weighted by molar-refractivity contribution is 0.0995. The molecule has 0 spiro atoms. The lowest BCUT2D eigenvalue weighted by Crippen LogP contribution is -2.22. The standard InChI is InChI=1S/C25H22N8O4/c1-14-29-30(2)25(37)32(14)17-7-9-18(10-8-17)33-24(36)19-11-12-27-20(21(19)31(33)3)23(35)28-16-6-4-5-15(13-16)22(26)34/h4-13H,1-3H3,(H2,26,34)(H,28,35). The SMILES string of the molecule is Cc1nn(C)c(=O)n1-c1ccc(-n2c(=O)c3ccnc(C(=O)Nc4cccc(C(N)=O)c4)c3n2C)cc1. The molecule has 3 aromatic heterocycles. The predicted octanol–water partition coefficient (Wildman–Crippen LogP) is 1.27. The van der Waals surface area contributed by atoms with Crippen LogP contribution in [0.2, 0.25) is 0 Å². The third-order valence-electron chi connectivity index (χ3n) is 6.03. The highest BCUT2D eigenvalue weighted by molar-refractivity contribution is 6.10. The molecule has 0 fully saturated rings. The first-order valence-corrected chi connectivity index (χ1v) is 11.2. The largest absolute Gasteiger partial charge is 0.366 e. The minimum absolute atomic E-state index is 0.0366. The first kappa shape index (κ1) is 23.5. The van der Waals surface area contributed by atoms with E-state index in [1.165, 1.54) is 32.3 Å². The quantitative estimate of drug-likeness (QED) is 0.372. The maximum atomic E-state index is 13.3. The van der Waals surface area contributed by atoms with Gasteiger partial charge in [0.1, 0.15) is 11.3 Å². The van der Waals surface area contributed by atoms with Gasteiger partial charge in [-0.2, -0.15) is 5.10 Å². The van der Waals surface area contributed by atoms with Gasteiger partial charge in [0.2, 0.25) is 5.91 Å². The van der Waals surface area contributed by atoms with Crippen LogP contribution < -0.4 is 22.3 Å². The number of primary amides is 1. The lowest BCUT2D eigenvalue weighted by atomic mass is 10.2. The number of nitrogens with two attached hydrogens (primary N) is 1. The number of hydrogen-bond acceptors (Lipinski definition) is 6. The molecule has 186 valence electrons. The van der Waals surface area contributed by atoms with Crippen LogP contribution in [0.3, 0.4) is 0 Å². The summed E-state index contributed by atoms with van der Waals surface area (Å²) in [6.45, 7) is 1.73. The topological polar surface area (TPSA) is 152 Å². The number of carbonyl (C=O) groups is 2. The maximum Gasteiger partial charge on any atom is 0.350 e. The molecule has 5 rings (SSSR count). The number of rotatable bonds is 5. The van der Waals surface area contributed by atoms with E-state index < -0.39 is 11.8 Å². The summed E-state index contributed by atoms with van der Waals surface area (Å²) in [5.41, 5.74) is 6.81. The number of nitrogens with one attached hydrogen (secondary N) is 1. The number of pyridine rings is 1. The fourth-order valence-corrected chi connectivity index (χ4v) is 4.33. The van der Waals surface area contributed by atoms with Crippen molar-refractivity contribution in [3.05, 3.63) is 98.7 Å². The monoisotopic (exact) mass is 498 g/mol. The summed E-state index contributed by atoms with van der Waals surface area (Å²) in [5, 5.41) is 7.14. The molecule has 2 amide bonds. The van der Waals surface area contributed by atoms with Gasteiger partial charge in [-0.3, -0.25) is 19.1 Å². The molecule has 0 atom stereocenters. The van der Waals surface area contributed by atoms with E-state index in [9.17, 15) is 19.2 Å². The van der Waals surface area contributed by atoms with Crippen LogP contribution in [0, 0.1) is 6.92 Å². The Bertz CT molecular complexity index is 1820. The van der Waals surface area contributed by atoms with Crippen LogP contribution >= 0.6 is 0 Å². The van der Waals surface area contributed by atoms with Crippen molar-refractivity contribution < 1.29 is 9.59 Å². The normalized spacial score (nSPS) is 11.1. The summed E-state index contributed by atoms with van der Waals surface area (Å²) in [6, 6.07) is 14.6. The van der Waals surface area contributed by atoms with E-state index in [1.54, 1.807) is 68.2 Å². The molecule has 0 radical (unpaired) electrons. The van der Waals surface area contributed by atoms with Gasteiger partial charge in [-0.25, -0.2) is 23.7 Å². The Morgan fingerprint density at radius 1 is 0.973 bits per heavy atom. The number of aromatic nitrogens is 6. The second-order valence-electron chi connectivity index (χ2n) is 8.40. The van der Waals surface area contributed by atoms with E-state index in [0.29, 0.717) is 33.8 Å². The zero-order valence-electron chi connectivity index (χ0n) is 20.2. The first-order chi connectivity index (χ1) is 17.7. The lowest BCUT2D eigenvalue weighted by Gasteiger charge is -2.11. The van der Waals surface area contributed by atoms with Crippen LogP contribution in [0.15, 0.2) is 70.4 Å². The Labute approximate surface area is 209 Å². The molecule has 0 unspecified atom stereocenters. The van der Waals surface area contributed by atoms with Crippen molar-refractivity contribution in [3.8, 4) is 11.4 Å². The fraction of sp³-hybridized carbons (Fsp3) is 0.120. The Kier molecular flexibility index (Phi) is 5.55. The van der Waals surface area contributed by atoms with Crippen molar-refractivity contribution in [1.82, 2.24) is 28.7 Å². The number of carbonyl (C=O) groups excluding carboxylic acids is 2. The van der Waals surface area contributed by atoms with Gasteiger partial charge >= 0.3 is 5.69 Å². The second kappa shape index (κ2) is 8.75. The van der Waals surface area contributed by atoms with E-state index in [1.807, 2.05) is 0 Å². The molecule has 12 nitrogen and oxygen atoms in total. The molecule has 2 aromatic carbocycles. The zero-order chi connectivity index (χ0) is 26.4. The highest BCUT2D eigenvalue weighted by Crippen LogP contribution is 2.20. The summed E-state index contributed by atoms with van der Waals surface area (Å²) in [5.74, 6) is -0.641. The number of nitrogens with zero attached hydrogens (tertiary/aromatic N) is 6. The maximum absolute atomic E-state index is 13.3. The summed E-state index contributed by atoms with van der Waals surface area (Å²) in [7, 11) is 3.23. The van der Waals surface area contributed by atoms with Crippen molar-refractivity contribution in [2.24, 2.45) is 19.8 Å². The number of fused-ring (bicyclic) bond motifs is 1. The van der Waals surface area contributed by atoms with E-state index in [4.69, 9.17) is 5.73 Å². The number of benzene rings is 2. The summed E-state index contributed by atoms with van der Waals surface area (Å²) in [6.07, 6.45) is 1.39. The average Bonchev–Trinajstić information content (AvgIpc) is 3.29. The molecule has 0 aliphatic heterocycles. The van der Waals surface area contributed by atoms with Crippen molar-refractivity contribution in [1.29, 1.82) is 0 Å². The Morgan fingerprint density at radius 3 is 2.32 bits per heavy atom. The van der Waals surface area contributed by atoms with Gasteiger partial charge in [0.15, 0.2) is 5.69 Å². The summed E-state index contributed by atoms with van der Waals surface area (Å²) < 4.78 is 5.68. The van der Waals surface area contributed by atoms with E-state index >= 15 is 0 Å². The molecular weight excluding hydrogens is 476 g/mol. The number of aryl methyl sites for hydroxylation is 3. The van der Waals surface area contributed by atoms with Gasteiger partial charge in [0.25, 0.3) is 11.5 Å². The molecule has 3 N–H and O–H groups in total. The molecular formula is C25H22N8O4. The highest BCUT2D eigenvalue weighted by atomic mass is 16.2. The second-order valence-corrected chi connectivity index (χ2v) is 8.40. The fourth-order valence-electron chi connectivity index (χ4n) is 4.33. The van der Waals surface area contributed by atoms with E-state index in [0.717, 1.165) is 0 Å². The van der Waals surface area contributed by atoms with Crippen LogP contribution in [0.1, 0.15) is 26.7 Å². The molecule has 5 aromatic rings. The molecule has 0 aliphatic carbocycles. The van der Waals surface area contributed by atoms with Crippen molar-refractivity contribution in [2.75, 3.05) is 5.32 Å². The van der Waals surface area contributed by atoms with E-state index in [-0.39, 0.29) is 22.5 Å². The number of hydrogen-bond donors (Lipinski definition) is 2. The average molecular weight is 499 g/mol. The third kappa shape index (κ3) is 3.89. The molecule has 12 heteroatoms. The van der Waals surface area contributed by atoms with Crippen LogP contribution in [-0.2, 0) is 14.1 Å². The molecule has 0 saturated carbocycles. The van der Waals surface area contributed by atoms with Crippen LogP contribution in [0.25, 0.3) is 22.3 Å². The van der Waals surface area contributed by atoms with Crippen molar-refractivity contribution >= 4 is 28.4 Å². The van der Waals surface area contributed by atoms with Crippen LogP contribution in [-0.4, -0.2) is 40.5 Å². The smallest absolute Gasteiger partial charge is 0.350 e. The zero-order valence-corrected chi connectivity index (χ0v) is 20.2. The highest BCUT2D eigenvalue weighted by Gasteiger charge is 2.21. The Hall–Kier alpha value is -5.26. The predicted molar refractivity (Wildman–Crippen MR) is 136 cm³/mol. The molecule has 3 heterocycles. The minimum atomic E-state index is -0.620. The van der Waals surface area contributed by atoms with Gasteiger partial charge in [0, 0.05) is 31.5 Å². The summed E-state index contributed by atoms with van der Waals surface area (Å²) in [4.78, 5) is 54.5. The van der Waals surface area contributed by atoms with Crippen molar-refractivity contribution in [3.63, 3.8) is 0 Å². The van der Waals surface area contributed by atoms with Crippen LogP contribution in [0.5, 0.6) is 0 Å². The van der Waals surface area contributed by atoms with Gasteiger partial charge < -0.3 is 11.1 Å². The van der Waals surface area contributed by atoms with Gasteiger partial charge in [0.05, 0.1) is 16.8 Å². The van der Waals surface area contributed by atoms with Crippen molar-refractivity contribution in [2.45, 2.75) is 6.92 Å². The number of amides is 2. The molecule has 37 heavy (non-hydrogen) atoms. The third-order valence-corrected chi connectivity index (χ3v) is 6.03. The van der Waals surface area contributed by atoms with E-state index in [2.05, 4.69) is 15.4 Å². The summed E-state index contributed by atoms with van der Waals surface area (Å²) >= 11 is 0. The Balaban J connectivity index is 1.55. The molecule has 0 bridgehead atoms.